The van der Waals surface area contributed by atoms with Gasteiger partial charge in [0.1, 0.15) is 5.52 Å². The molecular formula is C7H16BrO3P. The fourth-order valence-corrected chi connectivity index (χ4v) is 2.85. The third kappa shape index (κ3) is 4.04. The van der Waals surface area contributed by atoms with Gasteiger partial charge in [-0.1, -0.05) is 29.8 Å². The molecule has 0 aromatic carbocycles. The lowest BCUT2D eigenvalue weighted by molar-refractivity contribution is 0.180. The first-order chi connectivity index (χ1) is 5.42. The summed E-state index contributed by atoms with van der Waals surface area (Å²) in [5.41, 5.74) is 0.146. The quantitative estimate of drug-likeness (QED) is 0.560. The van der Waals surface area contributed by atoms with Gasteiger partial charge in [0.05, 0.1) is 11.8 Å². The van der Waals surface area contributed by atoms with Crippen molar-refractivity contribution in [2.24, 2.45) is 0 Å². The van der Waals surface area contributed by atoms with Crippen molar-refractivity contribution in [2.75, 3.05) is 5.52 Å². The molecule has 0 amide bonds. The average Bonchev–Trinajstić information content (AvgIpc) is 1.85. The second-order valence-corrected chi connectivity index (χ2v) is 6.07. The Kier molecular flexibility index (Phi) is 5.66. The molecule has 0 aliphatic rings. The van der Waals surface area contributed by atoms with Crippen LogP contribution in [0.25, 0.3) is 0 Å². The molecule has 0 aromatic heterocycles. The monoisotopic (exact) mass is 258 g/mol. The maximum absolute atomic E-state index is 11.8. The largest absolute Gasteiger partial charge is 0.334 e. The smallest absolute Gasteiger partial charge is 0.306 e. The van der Waals surface area contributed by atoms with Crippen LogP contribution in [0.2, 0.25) is 0 Å². The molecule has 0 aliphatic carbocycles. The molecule has 0 spiro atoms. The molecule has 0 rings (SSSR count). The Balaban J connectivity index is 4.30. The standard InChI is InChI=1S/C7H16BrO3P/c1-6(2)11-12(9,7(3)4)10-5-8/h6-7H,5H2,1-4H3. The highest BCUT2D eigenvalue weighted by Gasteiger charge is 2.29. The van der Waals surface area contributed by atoms with Crippen LogP contribution in [-0.4, -0.2) is 17.3 Å². The highest BCUT2D eigenvalue weighted by Crippen LogP contribution is 2.53. The van der Waals surface area contributed by atoms with Crippen LogP contribution in [0.4, 0.5) is 0 Å². The molecule has 1 atom stereocenters. The summed E-state index contributed by atoms with van der Waals surface area (Å²) in [4.78, 5) is 0. The first-order valence-electron chi connectivity index (χ1n) is 3.91. The molecule has 5 heteroatoms. The van der Waals surface area contributed by atoms with E-state index in [0.717, 1.165) is 0 Å². The summed E-state index contributed by atoms with van der Waals surface area (Å²) in [5, 5.41) is 0. The Morgan fingerprint density at radius 2 is 1.83 bits per heavy atom. The minimum atomic E-state index is -2.89. The fraction of sp³-hybridized carbons (Fsp3) is 1.00. The molecular weight excluding hydrogens is 243 g/mol. The molecule has 0 saturated carbocycles. The molecule has 74 valence electrons. The number of rotatable bonds is 5. The number of hydrogen-bond donors (Lipinski definition) is 0. The summed E-state index contributed by atoms with van der Waals surface area (Å²) in [6.07, 6.45) is -0.0720. The summed E-state index contributed by atoms with van der Waals surface area (Å²) in [6, 6.07) is 0. The molecule has 0 radical (unpaired) electrons. The minimum absolute atomic E-state index is 0.0720. The SMILES string of the molecule is CC(C)OP(=O)(OCBr)C(C)C. The van der Waals surface area contributed by atoms with Crippen molar-refractivity contribution in [3.05, 3.63) is 0 Å². The van der Waals surface area contributed by atoms with Gasteiger partial charge in [-0.3, -0.25) is 9.09 Å². The number of alkyl halides is 1. The minimum Gasteiger partial charge on any atom is -0.306 e. The topological polar surface area (TPSA) is 35.5 Å². The summed E-state index contributed by atoms with van der Waals surface area (Å²) in [6.45, 7) is 7.33. The van der Waals surface area contributed by atoms with E-state index in [4.69, 9.17) is 9.05 Å². The zero-order chi connectivity index (χ0) is 9.78. The number of hydrogen-bond acceptors (Lipinski definition) is 3. The van der Waals surface area contributed by atoms with Gasteiger partial charge in [0.2, 0.25) is 0 Å². The summed E-state index contributed by atoms with van der Waals surface area (Å²) in [5.74, 6) is 0. The zero-order valence-corrected chi connectivity index (χ0v) is 10.4. The lowest BCUT2D eigenvalue weighted by Gasteiger charge is -2.22. The highest BCUT2D eigenvalue weighted by atomic mass is 79.9. The van der Waals surface area contributed by atoms with Crippen molar-refractivity contribution in [3.63, 3.8) is 0 Å². The van der Waals surface area contributed by atoms with Gasteiger partial charge < -0.3 is 4.52 Å². The van der Waals surface area contributed by atoms with Crippen LogP contribution in [0.5, 0.6) is 0 Å². The summed E-state index contributed by atoms with van der Waals surface area (Å²) in [7, 11) is -2.89. The van der Waals surface area contributed by atoms with Crippen molar-refractivity contribution in [1.29, 1.82) is 0 Å². The van der Waals surface area contributed by atoms with E-state index in [0.29, 0.717) is 0 Å². The van der Waals surface area contributed by atoms with E-state index < -0.39 is 7.60 Å². The van der Waals surface area contributed by atoms with Crippen LogP contribution in [0.15, 0.2) is 0 Å². The molecule has 12 heavy (non-hydrogen) atoms. The van der Waals surface area contributed by atoms with Crippen molar-refractivity contribution < 1.29 is 13.6 Å². The van der Waals surface area contributed by atoms with Crippen LogP contribution in [-0.2, 0) is 13.6 Å². The molecule has 3 nitrogen and oxygen atoms in total. The van der Waals surface area contributed by atoms with E-state index >= 15 is 0 Å². The van der Waals surface area contributed by atoms with Crippen molar-refractivity contribution >= 4 is 23.5 Å². The molecule has 0 bridgehead atoms. The molecule has 0 heterocycles. The van der Waals surface area contributed by atoms with E-state index in [1.54, 1.807) is 0 Å². The maximum Gasteiger partial charge on any atom is 0.334 e. The number of halogens is 1. The van der Waals surface area contributed by atoms with Gasteiger partial charge in [0.25, 0.3) is 0 Å². The van der Waals surface area contributed by atoms with Gasteiger partial charge in [-0.15, -0.1) is 0 Å². The Bertz CT molecular complexity index is 170. The third-order valence-corrected chi connectivity index (χ3v) is 4.27. The third-order valence-electron chi connectivity index (χ3n) is 1.22. The molecule has 0 fully saturated rings. The Hall–Kier alpha value is 0.630. The van der Waals surface area contributed by atoms with Crippen molar-refractivity contribution in [2.45, 2.75) is 39.5 Å². The molecule has 0 saturated heterocycles. The normalized spacial score (nSPS) is 16.9. The Morgan fingerprint density at radius 1 is 1.33 bits per heavy atom. The second-order valence-electron chi connectivity index (χ2n) is 3.03. The van der Waals surface area contributed by atoms with Crippen LogP contribution in [0.1, 0.15) is 27.7 Å². The summed E-state index contributed by atoms with van der Waals surface area (Å²) < 4.78 is 22.1. The molecule has 1 unspecified atom stereocenters. The highest BCUT2D eigenvalue weighted by molar-refractivity contribution is 9.09. The van der Waals surface area contributed by atoms with Crippen LogP contribution < -0.4 is 0 Å². The Morgan fingerprint density at radius 3 is 2.08 bits per heavy atom. The first-order valence-corrected chi connectivity index (χ1v) is 6.64. The molecule has 0 N–H and O–H groups in total. The lowest BCUT2D eigenvalue weighted by atomic mass is 10.5. The van der Waals surface area contributed by atoms with Crippen molar-refractivity contribution in [3.8, 4) is 0 Å². The Labute approximate surface area is 82.5 Å². The van der Waals surface area contributed by atoms with Crippen LogP contribution >= 0.6 is 23.5 Å². The first kappa shape index (κ1) is 12.6. The zero-order valence-electron chi connectivity index (χ0n) is 7.91. The fourth-order valence-electron chi connectivity index (χ4n) is 0.663. The van der Waals surface area contributed by atoms with Gasteiger partial charge in [-0.05, 0) is 13.8 Å². The van der Waals surface area contributed by atoms with Crippen molar-refractivity contribution in [1.82, 2.24) is 0 Å². The van der Waals surface area contributed by atoms with Gasteiger partial charge in [0.15, 0.2) is 0 Å². The van der Waals surface area contributed by atoms with Gasteiger partial charge in [-0.2, -0.15) is 0 Å². The van der Waals surface area contributed by atoms with E-state index in [1.165, 1.54) is 0 Å². The lowest BCUT2D eigenvalue weighted by Crippen LogP contribution is -2.09. The van der Waals surface area contributed by atoms with Crippen LogP contribution in [0.3, 0.4) is 0 Å². The predicted molar refractivity (Wildman–Crippen MR) is 53.8 cm³/mol. The average molecular weight is 259 g/mol. The maximum atomic E-state index is 11.8. The van der Waals surface area contributed by atoms with Crippen LogP contribution in [0, 0.1) is 0 Å². The van der Waals surface area contributed by atoms with E-state index in [9.17, 15) is 4.57 Å². The van der Waals surface area contributed by atoms with Gasteiger partial charge in [0, 0.05) is 0 Å². The second kappa shape index (κ2) is 5.38. The molecule has 0 aliphatic heterocycles. The van der Waals surface area contributed by atoms with E-state index in [1.807, 2.05) is 27.7 Å². The predicted octanol–water partition coefficient (Wildman–Crippen LogP) is 3.38. The summed E-state index contributed by atoms with van der Waals surface area (Å²) >= 11 is 3.07. The van der Waals surface area contributed by atoms with Gasteiger partial charge >= 0.3 is 7.60 Å². The van der Waals surface area contributed by atoms with E-state index in [-0.39, 0.29) is 17.3 Å². The van der Waals surface area contributed by atoms with E-state index in [2.05, 4.69) is 15.9 Å². The van der Waals surface area contributed by atoms with Gasteiger partial charge in [-0.25, -0.2) is 0 Å². The molecule has 0 aromatic rings.